The summed E-state index contributed by atoms with van der Waals surface area (Å²) in [5, 5.41) is 0. The third-order valence-electron chi connectivity index (χ3n) is 4.71. The molecule has 1 aliphatic rings. The van der Waals surface area contributed by atoms with E-state index >= 15 is 0 Å². The second-order valence-corrected chi connectivity index (χ2v) is 5.95. The number of rotatable bonds is 4. The van der Waals surface area contributed by atoms with E-state index in [0.717, 1.165) is 18.8 Å². The van der Waals surface area contributed by atoms with Gasteiger partial charge in [0.25, 0.3) is 5.91 Å². The van der Waals surface area contributed by atoms with Crippen LogP contribution < -0.4 is 16.4 Å². The molecule has 116 valence electrons. The summed E-state index contributed by atoms with van der Waals surface area (Å²) in [6, 6.07) is 2.95. The SMILES string of the molecule is CCC1CCC(N(C)c2cc(C(N)=O)c(N)cc2F)CC1. The molecule has 1 aromatic rings. The van der Waals surface area contributed by atoms with Gasteiger partial charge in [0, 0.05) is 18.8 Å². The standard InChI is InChI=1S/C16H24FN3O/c1-3-10-4-6-11(7-5-10)20(2)15-8-12(16(19)21)14(18)9-13(15)17/h8-11H,3-7,18H2,1-2H3,(H2,19,21). The minimum atomic E-state index is -0.628. The van der Waals surface area contributed by atoms with Crippen molar-refractivity contribution in [1.29, 1.82) is 0 Å². The molecular formula is C16H24FN3O. The van der Waals surface area contributed by atoms with Crippen molar-refractivity contribution >= 4 is 17.3 Å². The maximum atomic E-state index is 14.2. The molecule has 1 aliphatic carbocycles. The van der Waals surface area contributed by atoms with Crippen LogP contribution in [0.3, 0.4) is 0 Å². The number of anilines is 2. The van der Waals surface area contributed by atoms with Gasteiger partial charge in [-0.3, -0.25) is 4.79 Å². The highest BCUT2D eigenvalue weighted by atomic mass is 19.1. The number of carbonyl (C=O) groups excluding carboxylic acids is 1. The molecule has 1 saturated carbocycles. The first kappa shape index (κ1) is 15.6. The summed E-state index contributed by atoms with van der Waals surface area (Å²) in [5.74, 6) is -0.249. The third kappa shape index (κ3) is 3.28. The molecule has 4 nitrogen and oxygen atoms in total. The van der Waals surface area contributed by atoms with Gasteiger partial charge in [-0.15, -0.1) is 0 Å². The van der Waals surface area contributed by atoms with Crippen LogP contribution in [0.1, 0.15) is 49.4 Å². The monoisotopic (exact) mass is 293 g/mol. The first-order chi connectivity index (χ1) is 9.93. The van der Waals surface area contributed by atoms with Crippen LogP contribution in [0.5, 0.6) is 0 Å². The molecule has 5 heteroatoms. The van der Waals surface area contributed by atoms with Crippen LogP contribution in [-0.4, -0.2) is 19.0 Å². The van der Waals surface area contributed by atoms with E-state index in [2.05, 4.69) is 6.92 Å². The van der Waals surface area contributed by atoms with Crippen molar-refractivity contribution in [2.75, 3.05) is 17.7 Å². The van der Waals surface area contributed by atoms with E-state index in [1.165, 1.54) is 31.4 Å². The molecule has 21 heavy (non-hydrogen) atoms. The Morgan fingerprint density at radius 3 is 2.48 bits per heavy atom. The van der Waals surface area contributed by atoms with Crippen LogP contribution >= 0.6 is 0 Å². The number of hydrogen-bond donors (Lipinski definition) is 2. The van der Waals surface area contributed by atoms with Crippen molar-refractivity contribution in [2.45, 2.75) is 45.1 Å². The van der Waals surface area contributed by atoms with Crippen LogP contribution in [0.15, 0.2) is 12.1 Å². The van der Waals surface area contributed by atoms with E-state index in [-0.39, 0.29) is 11.3 Å². The molecule has 2 rings (SSSR count). The van der Waals surface area contributed by atoms with Crippen LogP contribution in [-0.2, 0) is 0 Å². The van der Waals surface area contributed by atoms with Crippen LogP contribution in [0, 0.1) is 11.7 Å². The van der Waals surface area contributed by atoms with Gasteiger partial charge in [0.1, 0.15) is 5.82 Å². The van der Waals surface area contributed by atoms with Crippen molar-refractivity contribution in [2.24, 2.45) is 11.7 Å². The van der Waals surface area contributed by atoms with Crippen molar-refractivity contribution in [1.82, 2.24) is 0 Å². The Bertz CT molecular complexity index is 524. The average Bonchev–Trinajstić information content (AvgIpc) is 2.46. The summed E-state index contributed by atoms with van der Waals surface area (Å²) in [4.78, 5) is 13.3. The highest BCUT2D eigenvalue weighted by Crippen LogP contribution is 2.33. The summed E-state index contributed by atoms with van der Waals surface area (Å²) in [6.07, 6.45) is 5.64. The molecular weight excluding hydrogens is 269 g/mol. The topological polar surface area (TPSA) is 72.3 Å². The minimum Gasteiger partial charge on any atom is -0.398 e. The smallest absolute Gasteiger partial charge is 0.250 e. The molecule has 0 atom stereocenters. The van der Waals surface area contributed by atoms with Gasteiger partial charge in [0.05, 0.1) is 11.3 Å². The number of nitrogens with zero attached hydrogens (tertiary/aromatic N) is 1. The molecule has 0 aliphatic heterocycles. The zero-order valence-corrected chi connectivity index (χ0v) is 12.7. The molecule has 0 saturated heterocycles. The zero-order valence-electron chi connectivity index (χ0n) is 12.7. The number of carbonyl (C=O) groups is 1. The first-order valence-corrected chi connectivity index (χ1v) is 7.55. The summed E-state index contributed by atoms with van der Waals surface area (Å²) in [5.41, 5.74) is 11.6. The van der Waals surface area contributed by atoms with E-state index < -0.39 is 11.7 Å². The summed E-state index contributed by atoms with van der Waals surface area (Å²) < 4.78 is 14.2. The molecule has 1 fully saturated rings. The van der Waals surface area contributed by atoms with E-state index in [1.807, 2.05) is 11.9 Å². The lowest BCUT2D eigenvalue weighted by Crippen LogP contribution is -2.36. The number of nitrogens with two attached hydrogens (primary N) is 2. The molecule has 0 spiro atoms. The van der Waals surface area contributed by atoms with E-state index in [4.69, 9.17) is 11.5 Å². The van der Waals surface area contributed by atoms with Gasteiger partial charge in [-0.25, -0.2) is 4.39 Å². The Balaban J connectivity index is 2.21. The van der Waals surface area contributed by atoms with Crippen LogP contribution in [0.25, 0.3) is 0 Å². The fourth-order valence-corrected chi connectivity index (χ4v) is 3.20. The Morgan fingerprint density at radius 2 is 1.95 bits per heavy atom. The third-order valence-corrected chi connectivity index (χ3v) is 4.71. The van der Waals surface area contributed by atoms with E-state index in [9.17, 15) is 9.18 Å². The fourth-order valence-electron chi connectivity index (χ4n) is 3.20. The maximum Gasteiger partial charge on any atom is 0.250 e. The number of amides is 1. The maximum absolute atomic E-state index is 14.2. The van der Waals surface area contributed by atoms with Gasteiger partial charge in [-0.1, -0.05) is 13.3 Å². The van der Waals surface area contributed by atoms with Crippen LogP contribution in [0.4, 0.5) is 15.8 Å². The zero-order chi connectivity index (χ0) is 15.6. The highest BCUT2D eigenvalue weighted by molar-refractivity contribution is 5.99. The number of halogens is 1. The van der Waals surface area contributed by atoms with Gasteiger partial charge in [0.2, 0.25) is 0 Å². The van der Waals surface area contributed by atoms with Crippen molar-refractivity contribution in [3.63, 3.8) is 0 Å². The van der Waals surface area contributed by atoms with Gasteiger partial charge in [-0.05, 0) is 43.7 Å². The van der Waals surface area contributed by atoms with Gasteiger partial charge < -0.3 is 16.4 Å². The Hall–Kier alpha value is -1.78. The molecule has 4 N–H and O–H groups in total. The fraction of sp³-hybridized carbons (Fsp3) is 0.562. The van der Waals surface area contributed by atoms with E-state index in [1.54, 1.807) is 0 Å². The second kappa shape index (κ2) is 6.33. The quantitative estimate of drug-likeness (QED) is 0.838. The predicted molar refractivity (Wildman–Crippen MR) is 83.8 cm³/mol. The van der Waals surface area contributed by atoms with E-state index in [0.29, 0.717) is 11.7 Å². The van der Waals surface area contributed by atoms with Crippen molar-refractivity contribution in [3.8, 4) is 0 Å². The summed E-state index contributed by atoms with van der Waals surface area (Å²) >= 11 is 0. The Kier molecular flexibility index (Phi) is 4.70. The van der Waals surface area contributed by atoms with Crippen LogP contribution in [0.2, 0.25) is 0 Å². The lowest BCUT2D eigenvalue weighted by Gasteiger charge is -2.36. The lowest BCUT2D eigenvalue weighted by molar-refractivity contribution is 0.100. The highest BCUT2D eigenvalue weighted by Gasteiger charge is 2.25. The number of benzene rings is 1. The predicted octanol–water partition coefficient (Wildman–Crippen LogP) is 2.91. The normalized spacial score (nSPS) is 22.0. The largest absolute Gasteiger partial charge is 0.398 e. The molecule has 0 bridgehead atoms. The van der Waals surface area contributed by atoms with Gasteiger partial charge >= 0.3 is 0 Å². The molecule has 0 heterocycles. The molecule has 0 aromatic heterocycles. The number of primary amides is 1. The summed E-state index contributed by atoms with van der Waals surface area (Å²) in [6.45, 7) is 2.22. The first-order valence-electron chi connectivity index (χ1n) is 7.55. The number of hydrogen-bond acceptors (Lipinski definition) is 3. The van der Waals surface area contributed by atoms with Gasteiger partial charge in [-0.2, -0.15) is 0 Å². The average molecular weight is 293 g/mol. The lowest BCUT2D eigenvalue weighted by atomic mass is 9.84. The molecule has 0 radical (unpaired) electrons. The minimum absolute atomic E-state index is 0.0897. The Morgan fingerprint density at radius 1 is 1.33 bits per heavy atom. The second-order valence-electron chi connectivity index (χ2n) is 5.95. The molecule has 1 amide bonds. The number of nitrogen functional groups attached to an aromatic ring is 1. The molecule has 1 aromatic carbocycles. The van der Waals surface area contributed by atoms with Crippen molar-refractivity contribution < 1.29 is 9.18 Å². The van der Waals surface area contributed by atoms with Crippen molar-refractivity contribution in [3.05, 3.63) is 23.5 Å². The van der Waals surface area contributed by atoms with Gasteiger partial charge in [0.15, 0.2) is 0 Å². The summed E-state index contributed by atoms with van der Waals surface area (Å²) in [7, 11) is 1.87. The Labute approximate surface area is 125 Å². The molecule has 0 unspecified atom stereocenters.